The molecule has 0 saturated carbocycles. The molecule has 0 aliphatic carbocycles. The van der Waals surface area contributed by atoms with Gasteiger partial charge in [-0.15, -0.1) is 0 Å². The smallest absolute Gasteiger partial charge is 0.208 e. The maximum atomic E-state index is 9.65. The third-order valence-corrected chi connectivity index (χ3v) is 2.65. The zero-order chi connectivity index (χ0) is 14.9. The molecule has 0 aliphatic heterocycles. The van der Waals surface area contributed by atoms with E-state index in [9.17, 15) is 25.5 Å². The lowest BCUT2D eigenvalue weighted by Crippen LogP contribution is -1.92. The number of hydrogen-bond acceptors (Lipinski definition) is 7. The zero-order valence-electron chi connectivity index (χ0n) is 9.99. The van der Waals surface area contributed by atoms with Gasteiger partial charge in [0, 0.05) is 5.69 Å². The van der Waals surface area contributed by atoms with Crippen LogP contribution in [0.5, 0.6) is 28.7 Å². The van der Waals surface area contributed by atoms with Crippen molar-refractivity contribution < 1.29 is 25.5 Å². The van der Waals surface area contributed by atoms with Crippen molar-refractivity contribution in [2.24, 2.45) is 0 Å². The van der Waals surface area contributed by atoms with Gasteiger partial charge in [-0.3, -0.25) is 0 Å². The Kier molecular flexibility index (Phi) is 3.15. The molecule has 6 N–H and O–H groups in total. The summed E-state index contributed by atoms with van der Waals surface area (Å²) in [5, 5.41) is 58.6. The first-order valence-electron chi connectivity index (χ1n) is 5.41. The average molecular weight is 274 g/mol. The molecule has 0 fully saturated rings. The number of nitrogens with one attached hydrogen (secondary N) is 1. The highest BCUT2D eigenvalue weighted by molar-refractivity contribution is 5.82. The molecule has 7 nitrogen and oxygen atoms in total. The molecule has 0 amide bonds. The van der Waals surface area contributed by atoms with Gasteiger partial charge in [0.15, 0.2) is 11.5 Å². The first-order chi connectivity index (χ1) is 9.45. The molecule has 0 heterocycles. The van der Waals surface area contributed by atoms with Crippen LogP contribution in [-0.4, -0.2) is 25.5 Å². The molecule has 0 spiro atoms. The number of hydrogen-bond donors (Lipinski definition) is 6. The number of benzene rings is 2. The van der Waals surface area contributed by atoms with Crippen molar-refractivity contribution in [3.05, 3.63) is 29.8 Å². The fraction of sp³-hybridized carbons (Fsp3) is 0. The van der Waals surface area contributed by atoms with Crippen LogP contribution in [0.3, 0.4) is 0 Å². The third kappa shape index (κ3) is 2.06. The lowest BCUT2D eigenvalue weighted by Gasteiger charge is -2.14. The van der Waals surface area contributed by atoms with Gasteiger partial charge in [-0.2, -0.15) is 5.26 Å². The van der Waals surface area contributed by atoms with Crippen molar-refractivity contribution in [1.82, 2.24) is 0 Å². The van der Waals surface area contributed by atoms with Gasteiger partial charge in [0.2, 0.25) is 17.2 Å². The van der Waals surface area contributed by atoms with E-state index >= 15 is 0 Å². The fourth-order valence-electron chi connectivity index (χ4n) is 1.58. The molecule has 0 bridgehead atoms. The summed E-state index contributed by atoms with van der Waals surface area (Å²) in [6.45, 7) is 0. The van der Waals surface area contributed by atoms with Gasteiger partial charge in [-0.05, 0) is 24.3 Å². The van der Waals surface area contributed by atoms with E-state index in [0.29, 0.717) is 11.3 Å². The van der Waals surface area contributed by atoms with Crippen LogP contribution < -0.4 is 5.32 Å². The molecule has 0 aliphatic rings. The van der Waals surface area contributed by atoms with Crippen LogP contribution in [0.4, 0.5) is 11.4 Å². The predicted octanol–water partition coefficient (Wildman–Crippen LogP) is 1.83. The van der Waals surface area contributed by atoms with Crippen LogP contribution in [0.2, 0.25) is 0 Å². The number of nitriles is 1. The Hall–Kier alpha value is -3.27. The molecule has 2 rings (SSSR count). The summed E-state index contributed by atoms with van der Waals surface area (Å²) < 4.78 is 0. The number of phenols is 5. The van der Waals surface area contributed by atoms with E-state index in [1.807, 2.05) is 6.07 Å². The third-order valence-electron chi connectivity index (χ3n) is 2.65. The number of phenolic OH excluding ortho intramolecular Hbond substituents is 5. The lowest BCUT2D eigenvalue weighted by atomic mass is 10.2. The van der Waals surface area contributed by atoms with E-state index in [1.165, 1.54) is 24.3 Å². The van der Waals surface area contributed by atoms with Crippen molar-refractivity contribution >= 4 is 11.4 Å². The van der Waals surface area contributed by atoms with Crippen molar-refractivity contribution in [2.75, 3.05) is 5.32 Å². The summed E-state index contributed by atoms with van der Waals surface area (Å²) >= 11 is 0. The van der Waals surface area contributed by atoms with Crippen LogP contribution >= 0.6 is 0 Å². The SMILES string of the molecule is N#Cc1ccc(Nc2c(O)c(O)c(O)c(O)c2O)cc1. The first kappa shape index (κ1) is 13.2. The van der Waals surface area contributed by atoms with E-state index in [2.05, 4.69) is 5.32 Å². The molecule has 0 atom stereocenters. The number of anilines is 2. The molecule has 20 heavy (non-hydrogen) atoms. The summed E-state index contributed by atoms with van der Waals surface area (Å²) in [5.41, 5.74) is 0.432. The van der Waals surface area contributed by atoms with Crippen LogP contribution in [-0.2, 0) is 0 Å². The number of aromatic hydroxyl groups is 5. The van der Waals surface area contributed by atoms with E-state index in [4.69, 9.17) is 5.26 Å². The van der Waals surface area contributed by atoms with Crippen LogP contribution in [0.1, 0.15) is 5.56 Å². The molecule has 0 unspecified atom stereocenters. The maximum Gasteiger partial charge on any atom is 0.208 e. The van der Waals surface area contributed by atoms with Crippen LogP contribution in [0.15, 0.2) is 24.3 Å². The summed E-state index contributed by atoms with van der Waals surface area (Å²) in [5.74, 6) is -4.58. The highest BCUT2D eigenvalue weighted by atomic mass is 16.4. The van der Waals surface area contributed by atoms with Gasteiger partial charge < -0.3 is 30.8 Å². The minimum Gasteiger partial charge on any atom is -0.503 e. The number of nitrogens with zero attached hydrogens (tertiary/aromatic N) is 1. The monoisotopic (exact) mass is 274 g/mol. The largest absolute Gasteiger partial charge is 0.503 e. The molecule has 0 aromatic heterocycles. The zero-order valence-corrected chi connectivity index (χ0v) is 9.99. The fourth-order valence-corrected chi connectivity index (χ4v) is 1.58. The molecular weight excluding hydrogens is 264 g/mol. The molecule has 7 heteroatoms. The van der Waals surface area contributed by atoms with Gasteiger partial charge in [0.05, 0.1) is 11.6 Å². The Balaban J connectivity index is 2.46. The van der Waals surface area contributed by atoms with Gasteiger partial charge >= 0.3 is 0 Å². The molecular formula is C13H10N2O5. The second-order valence-corrected chi connectivity index (χ2v) is 3.93. The van der Waals surface area contributed by atoms with E-state index in [1.54, 1.807) is 0 Å². The molecule has 102 valence electrons. The number of rotatable bonds is 2. The van der Waals surface area contributed by atoms with Crippen LogP contribution in [0, 0.1) is 11.3 Å². The highest BCUT2D eigenvalue weighted by Gasteiger charge is 2.23. The Morgan fingerprint density at radius 2 is 1.20 bits per heavy atom. The van der Waals surface area contributed by atoms with Crippen molar-refractivity contribution in [3.8, 4) is 34.8 Å². The normalized spacial score (nSPS) is 9.95. The van der Waals surface area contributed by atoms with E-state index in [0.717, 1.165) is 0 Å². The van der Waals surface area contributed by atoms with Gasteiger partial charge in [-0.25, -0.2) is 0 Å². The summed E-state index contributed by atoms with van der Waals surface area (Å²) in [6.07, 6.45) is 0. The summed E-state index contributed by atoms with van der Waals surface area (Å²) in [7, 11) is 0. The van der Waals surface area contributed by atoms with Gasteiger partial charge in [0.25, 0.3) is 0 Å². The Morgan fingerprint density at radius 1 is 0.750 bits per heavy atom. The molecule has 0 radical (unpaired) electrons. The van der Waals surface area contributed by atoms with Crippen LogP contribution in [0.25, 0.3) is 0 Å². The minimum atomic E-state index is -1.02. The summed E-state index contributed by atoms with van der Waals surface area (Å²) in [4.78, 5) is 0. The van der Waals surface area contributed by atoms with Crippen molar-refractivity contribution in [3.63, 3.8) is 0 Å². The second-order valence-electron chi connectivity index (χ2n) is 3.93. The van der Waals surface area contributed by atoms with E-state index < -0.39 is 28.7 Å². The van der Waals surface area contributed by atoms with E-state index in [-0.39, 0.29) is 5.69 Å². The Morgan fingerprint density at radius 3 is 1.65 bits per heavy atom. The van der Waals surface area contributed by atoms with Gasteiger partial charge in [0.1, 0.15) is 5.69 Å². The van der Waals surface area contributed by atoms with Crippen molar-refractivity contribution in [2.45, 2.75) is 0 Å². The highest BCUT2D eigenvalue weighted by Crippen LogP contribution is 2.54. The molecule has 2 aromatic carbocycles. The molecule has 2 aromatic rings. The quantitative estimate of drug-likeness (QED) is 0.363. The average Bonchev–Trinajstić information content (AvgIpc) is 2.48. The first-order valence-corrected chi connectivity index (χ1v) is 5.41. The standard InChI is InChI=1S/C13H10N2O5/c14-5-6-1-3-7(4-2-6)15-8-9(16)11(18)13(20)12(19)10(8)17/h1-4,15-20H. The Labute approximate surface area is 113 Å². The second kappa shape index (κ2) is 4.78. The molecule has 0 saturated heterocycles. The van der Waals surface area contributed by atoms with Crippen molar-refractivity contribution in [1.29, 1.82) is 5.26 Å². The summed E-state index contributed by atoms with van der Waals surface area (Å²) in [6, 6.07) is 7.92. The lowest BCUT2D eigenvalue weighted by molar-refractivity contribution is 0.330. The maximum absolute atomic E-state index is 9.65. The Bertz CT molecular complexity index is 675. The predicted molar refractivity (Wildman–Crippen MR) is 69.2 cm³/mol. The van der Waals surface area contributed by atoms with Gasteiger partial charge in [-0.1, -0.05) is 0 Å². The topological polar surface area (TPSA) is 137 Å². The minimum absolute atomic E-state index is 0.373.